The van der Waals surface area contributed by atoms with Gasteiger partial charge in [-0.2, -0.15) is 5.10 Å². The number of anilines is 1. The molecule has 3 aromatic heterocycles. The smallest absolute Gasteiger partial charge is 0.274 e. The first-order valence-electron chi connectivity index (χ1n) is 11.6. The SMILES string of the molecule is O=C(c1cc(C2CC2)[nH]n1)N1CCC(c2nc(NC3CC3)ncc2-c2ccccn2)CC1. The van der Waals surface area contributed by atoms with Crippen LogP contribution in [-0.2, 0) is 0 Å². The molecule has 0 aromatic carbocycles. The summed E-state index contributed by atoms with van der Waals surface area (Å²) in [5, 5.41) is 10.7. The summed E-state index contributed by atoms with van der Waals surface area (Å²) in [6, 6.07) is 8.34. The topological polar surface area (TPSA) is 99.7 Å². The molecule has 0 bridgehead atoms. The maximum atomic E-state index is 13.0. The molecule has 6 rings (SSSR count). The van der Waals surface area contributed by atoms with Crippen LogP contribution < -0.4 is 5.32 Å². The molecule has 3 fully saturated rings. The highest BCUT2D eigenvalue weighted by atomic mass is 16.2. The number of aromatic amines is 1. The maximum absolute atomic E-state index is 13.0. The third-order valence-electron chi connectivity index (χ3n) is 6.67. The number of piperidine rings is 1. The van der Waals surface area contributed by atoms with E-state index in [-0.39, 0.29) is 11.8 Å². The molecule has 3 aliphatic rings. The zero-order valence-corrected chi connectivity index (χ0v) is 18.0. The van der Waals surface area contributed by atoms with Crippen molar-refractivity contribution in [2.45, 2.75) is 56.4 Å². The Morgan fingerprint density at radius 3 is 2.59 bits per heavy atom. The summed E-state index contributed by atoms with van der Waals surface area (Å²) in [6.45, 7) is 1.40. The number of nitrogens with zero attached hydrogens (tertiary/aromatic N) is 5. The van der Waals surface area contributed by atoms with Crippen LogP contribution in [0.3, 0.4) is 0 Å². The zero-order valence-electron chi connectivity index (χ0n) is 18.0. The number of nitrogens with one attached hydrogen (secondary N) is 2. The van der Waals surface area contributed by atoms with Gasteiger partial charge >= 0.3 is 0 Å². The van der Waals surface area contributed by atoms with Gasteiger partial charge in [-0.25, -0.2) is 9.97 Å². The molecule has 3 aromatic rings. The molecular formula is C24H27N7O. The Bertz CT molecular complexity index is 1110. The molecule has 4 heterocycles. The molecular weight excluding hydrogens is 402 g/mol. The number of carbonyl (C=O) groups is 1. The highest BCUT2D eigenvalue weighted by Crippen LogP contribution is 2.39. The second-order valence-electron chi connectivity index (χ2n) is 9.18. The monoisotopic (exact) mass is 429 g/mol. The van der Waals surface area contributed by atoms with Gasteiger partial charge < -0.3 is 10.2 Å². The molecule has 0 radical (unpaired) electrons. The Morgan fingerprint density at radius 1 is 1.03 bits per heavy atom. The number of amides is 1. The predicted molar refractivity (Wildman–Crippen MR) is 120 cm³/mol. The van der Waals surface area contributed by atoms with E-state index in [2.05, 4.69) is 25.5 Å². The number of likely N-dealkylation sites (tertiary alicyclic amines) is 1. The molecule has 2 saturated carbocycles. The Morgan fingerprint density at radius 2 is 1.88 bits per heavy atom. The number of rotatable bonds is 6. The minimum Gasteiger partial charge on any atom is -0.351 e. The lowest BCUT2D eigenvalue weighted by atomic mass is 9.90. The quantitative estimate of drug-likeness (QED) is 0.619. The molecule has 8 heteroatoms. The fourth-order valence-electron chi connectivity index (χ4n) is 4.47. The fourth-order valence-corrected chi connectivity index (χ4v) is 4.47. The Labute approximate surface area is 186 Å². The van der Waals surface area contributed by atoms with Crippen LogP contribution >= 0.6 is 0 Å². The van der Waals surface area contributed by atoms with Crippen LogP contribution in [0.15, 0.2) is 36.7 Å². The van der Waals surface area contributed by atoms with E-state index >= 15 is 0 Å². The van der Waals surface area contributed by atoms with Gasteiger partial charge in [0.05, 0.1) is 11.4 Å². The largest absolute Gasteiger partial charge is 0.351 e. The van der Waals surface area contributed by atoms with Gasteiger partial charge in [-0.15, -0.1) is 0 Å². The second kappa shape index (κ2) is 8.00. The van der Waals surface area contributed by atoms with Crippen molar-refractivity contribution in [1.82, 2.24) is 30.0 Å². The predicted octanol–water partition coefficient (Wildman–Crippen LogP) is 3.73. The number of hydrogen-bond donors (Lipinski definition) is 2. The Balaban J connectivity index is 1.20. The summed E-state index contributed by atoms with van der Waals surface area (Å²) < 4.78 is 0. The van der Waals surface area contributed by atoms with Crippen LogP contribution in [0.25, 0.3) is 11.3 Å². The molecule has 1 amide bonds. The van der Waals surface area contributed by atoms with Gasteiger partial charge in [-0.05, 0) is 56.7 Å². The highest BCUT2D eigenvalue weighted by molar-refractivity contribution is 5.92. The van der Waals surface area contributed by atoms with E-state index in [1.165, 1.54) is 25.7 Å². The summed E-state index contributed by atoms with van der Waals surface area (Å²) in [5.74, 6) is 1.55. The van der Waals surface area contributed by atoms with Crippen molar-refractivity contribution >= 4 is 11.9 Å². The summed E-state index contributed by atoms with van der Waals surface area (Å²) in [7, 11) is 0. The maximum Gasteiger partial charge on any atom is 0.274 e. The molecule has 0 spiro atoms. The molecule has 0 unspecified atom stereocenters. The van der Waals surface area contributed by atoms with Crippen molar-refractivity contribution in [3.8, 4) is 11.3 Å². The number of H-pyrrole nitrogens is 1. The van der Waals surface area contributed by atoms with E-state index in [9.17, 15) is 4.79 Å². The van der Waals surface area contributed by atoms with E-state index < -0.39 is 0 Å². The van der Waals surface area contributed by atoms with Crippen molar-refractivity contribution in [3.63, 3.8) is 0 Å². The summed E-state index contributed by atoms with van der Waals surface area (Å²) in [6.07, 6.45) is 10.2. The number of pyridine rings is 1. The molecule has 2 N–H and O–H groups in total. The van der Waals surface area contributed by atoms with Crippen LogP contribution in [0, 0.1) is 0 Å². The number of hydrogen-bond acceptors (Lipinski definition) is 6. The zero-order chi connectivity index (χ0) is 21.5. The number of aromatic nitrogens is 5. The lowest BCUT2D eigenvalue weighted by molar-refractivity contribution is 0.0706. The van der Waals surface area contributed by atoms with Gasteiger partial charge in [-0.3, -0.25) is 14.9 Å². The summed E-state index contributed by atoms with van der Waals surface area (Å²) in [5.41, 5.74) is 4.54. The van der Waals surface area contributed by atoms with Gasteiger partial charge in [0, 0.05) is 54.6 Å². The van der Waals surface area contributed by atoms with Crippen LogP contribution in [0.1, 0.15) is 72.2 Å². The van der Waals surface area contributed by atoms with Crippen molar-refractivity contribution in [3.05, 3.63) is 53.7 Å². The molecule has 0 atom stereocenters. The van der Waals surface area contributed by atoms with Gasteiger partial charge in [0.15, 0.2) is 0 Å². The highest BCUT2D eigenvalue weighted by Gasteiger charge is 2.31. The normalized spacial score (nSPS) is 19.2. The van der Waals surface area contributed by atoms with Crippen LogP contribution in [0.5, 0.6) is 0 Å². The van der Waals surface area contributed by atoms with E-state index in [1.54, 1.807) is 6.20 Å². The first-order chi connectivity index (χ1) is 15.7. The van der Waals surface area contributed by atoms with E-state index in [0.717, 1.165) is 35.5 Å². The molecule has 8 nitrogen and oxygen atoms in total. The first-order valence-corrected chi connectivity index (χ1v) is 11.6. The van der Waals surface area contributed by atoms with Crippen molar-refractivity contribution < 1.29 is 4.79 Å². The van der Waals surface area contributed by atoms with Gasteiger partial charge in [0.25, 0.3) is 5.91 Å². The molecule has 1 aliphatic heterocycles. The molecule has 2 aliphatic carbocycles. The minimum absolute atomic E-state index is 0.0235. The van der Waals surface area contributed by atoms with Gasteiger partial charge in [-0.1, -0.05) is 6.07 Å². The van der Waals surface area contributed by atoms with E-state index in [0.29, 0.717) is 36.7 Å². The second-order valence-corrected chi connectivity index (χ2v) is 9.18. The first kappa shape index (κ1) is 19.4. The average molecular weight is 430 g/mol. The number of carbonyl (C=O) groups excluding carboxylic acids is 1. The Hall–Kier alpha value is -3.29. The van der Waals surface area contributed by atoms with Crippen molar-refractivity contribution in [1.29, 1.82) is 0 Å². The molecule has 1 saturated heterocycles. The fraction of sp³-hybridized carbons (Fsp3) is 0.458. The average Bonchev–Trinajstić information content (AvgIpc) is 3.79. The summed E-state index contributed by atoms with van der Waals surface area (Å²) >= 11 is 0. The van der Waals surface area contributed by atoms with E-state index in [4.69, 9.17) is 4.98 Å². The molecule has 164 valence electrons. The molecule has 32 heavy (non-hydrogen) atoms. The third-order valence-corrected chi connectivity index (χ3v) is 6.67. The standard InChI is InChI=1S/C24H27N7O/c32-23(21-13-20(29-30-21)15-4-5-15)31-11-8-16(9-12-31)22-18(19-3-1-2-10-25-19)14-26-24(28-22)27-17-6-7-17/h1-3,10,13-17H,4-9,11-12H2,(H,29,30)(H,26,27,28). The van der Waals surface area contributed by atoms with Crippen molar-refractivity contribution in [2.75, 3.05) is 18.4 Å². The lowest BCUT2D eigenvalue weighted by Gasteiger charge is -2.32. The van der Waals surface area contributed by atoms with Crippen LogP contribution in [0.2, 0.25) is 0 Å². The Kier molecular flexibility index (Phi) is 4.85. The third kappa shape index (κ3) is 3.97. The summed E-state index contributed by atoms with van der Waals surface area (Å²) in [4.78, 5) is 28.9. The van der Waals surface area contributed by atoms with Crippen LogP contribution in [-0.4, -0.2) is 55.1 Å². The van der Waals surface area contributed by atoms with Gasteiger partial charge in [0.2, 0.25) is 5.95 Å². The minimum atomic E-state index is 0.0235. The van der Waals surface area contributed by atoms with E-state index in [1.807, 2.05) is 35.4 Å². The lowest BCUT2D eigenvalue weighted by Crippen LogP contribution is -2.38. The van der Waals surface area contributed by atoms with Gasteiger partial charge in [0.1, 0.15) is 5.69 Å². The van der Waals surface area contributed by atoms with Crippen molar-refractivity contribution in [2.24, 2.45) is 0 Å². The van der Waals surface area contributed by atoms with Crippen LogP contribution in [0.4, 0.5) is 5.95 Å².